The second kappa shape index (κ2) is 5.24. The molecule has 1 aliphatic rings. The summed E-state index contributed by atoms with van der Waals surface area (Å²) in [5.41, 5.74) is 6.35. The molecule has 0 spiro atoms. The third-order valence-electron chi connectivity index (χ3n) is 2.86. The van der Waals surface area contributed by atoms with Gasteiger partial charge in [-0.3, -0.25) is 0 Å². The summed E-state index contributed by atoms with van der Waals surface area (Å²) >= 11 is 0. The quantitative estimate of drug-likeness (QED) is 0.820. The molecule has 0 aromatic carbocycles. The molecule has 2 heterocycles. The van der Waals surface area contributed by atoms with E-state index in [-0.39, 0.29) is 12.1 Å². The van der Waals surface area contributed by atoms with Crippen LogP contribution in [0.3, 0.4) is 0 Å². The maximum absolute atomic E-state index is 12.1. The standard InChI is InChI=1S/C13H21N5O2/c1-13(2,3)20-12(19)18-6-9(5-10(14)7-18)11-15-8-16-17(11)4/h5,8,10H,6-7,14H2,1-4H3. The lowest BCUT2D eigenvalue weighted by molar-refractivity contribution is 0.0265. The smallest absolute Gasteiger partial charge is 0.410 e. The Morgan fingerprint density at radius 1 is 1.50 bits per heavy atom. The molecule has 1 aromatic rings. The highest BCUT2D eigenvalue weighted by molar-refractivity contribution is 5.74. The molecule has 2 N–H and O–H groups in total. The normalized spacial score (nSPS) is 19.8. The number of aryl methyl sites for hydroxylation is 1. The predicted molar refractivity (Wildman–Crippen MR) is 74.8 cm³/mol. The fourth-order valence-corrected chi connectivity index (χ4v) is 2.09. The molecule has 2 rings (SSSR count). The zero-order valence-corrected chi connectivity index (χ0v) is 12.3. The zero-order valence-electron chi connectivity index (χ0n) is 12.3. The topological polar surface area (TPSA) is 86.3 Å². The summed E-state index contributed by atoms with van der Waals surface area (Å²) in [6, 6.07) is -0.233. The zero-order chi connectivity index (χ0) is 14.9. The van der Waals surface area contributed by atoms with Gasteiger partial charge < -0.3 is 15.4 Å². The van der Waals surface area contributed by atoms with E-state index in [4.69, 9.17) is 10.5 Å². The summed E-state index contributed by atoms with van der Waals surface area (Å²) in [4.78, 5) is 17.9. The lowest BCUT2D eigenvalue weighted by atomic mass is 10.1. The first-order valence-corrected chi connectivity index (χ1v) is 6.55. The number of rotatable bonds is 1. The summed E-state index contributed by atoms with van der Waals surface area (Å²) in [6.45, 7) is 6.39. The van der Waals surface area contributed by atoms with E-state index in [0.717, 1.165) is 5.57 Å². The second-order valence-electron chi connectivity index (χ2n) is 5.92. The summed E-state index contributed by atoms with van der Waals surface area (Å²) in [5, 5.41) is 4.04. The van der Waals surface area contributed by atoms with Gasteiger partial charge in [0.1, 0.15) is 11.9 Å². The van der Waals surface area contributed by atoms with Crippen molar-refractivity contribution in [2.75, 3.05) is 13.1 Å². The first kappa shape index (κ1) is 14.5. The van der Waals surface area contributed by atoms with Crippen LogP contribution in [0.1, 0.15) is 26.6 Å². The van der Waals surface area contributed by atoms with Crippen molar-refractivity contribution in [3.63, 3.8) is 0 Å². The summed E-state index contributed by atoms with van der Waals surface area (Å²) in [6.07, 6.45) is 3.04. The average molecular weight is 279 g/mol. The predicted octanol–water partition coefficient (Wildman–Crippen LogP) is 0.777. The molecule has 20 heavy (non-hydrogen) atoms. The first-order chi connectivity index (χ1) is 9.26. The first-order valence-electron chi connectivity index (χ1n) is 6.55. The molecule has 110 valence electrons. The van der Waals surface area contributed by atoms with Crippen LogP contribution >= 0.6 is 0 Å². The van der Waals surface area contributed by atoms with Gasteiger partial charge in [-0.15, -0.1) is 0 Å². The molecule has 0 saturated carbocycles. The van der Waals surface area contributed by atoms with Crippen molar-refractivity contribution in [3.05, 3.63) is 18.2 Å². The number of hydrogen-bond acceptors (Lipinski definition) is 5. The SMILES string of the molecule is Cn1ncnc1C1=CC(N)CN(C(=O)OC(C)(C)C)C1. The highest BCUT2D eigenvalue weighted by Crippen LogP contribution is 2.20. The third kappa shape index (κ3) is 3.36. The number of nitrogens with zero attached hydrogens (tertiary/aromatic N) is 4. The largest absolute Gasteiger partial charge is 0.444 e. The summed E-state index contributed by atoms with van der Waals surface area (Å²) in [7, 11) is 1.81. The van der Waals surface area contributed by atoms with Crippen molar-refractivity contribution in [1.29, 1.82) is 0 Å². The molecule has 1 unspecified atom stereocenters. The minimum atomic E-state index is -0.521. The minimum Gasteiger partial charge on any atom is -0.444 e. The lowest BCUT2D eigenvalue weighted by Crippen LogP contribution is -2.46. The molecule has 7 nitrogen and oxygen atoms in total. The van der Waals surface area contributed by atoms with E-state index in [1.807, 2.05) is 26.8 Å². The average Bonchev–Trinajstić information content (AvgIpc) is 2.72. The molecular weight excluding hydrogens is 258 g/mol. The van der Waals surface area contributed by atoms with E-state index in [1.54, 1.807) is 16.6 Å². The van der Waals surface area contributed by atoms with Crippen molar-refractivity contribution < 1.29 is 9.53 Å². The van der Waals surface area contributed by atoms with E-state index in [0.29, 0.717) is 18.9 Å². The molecule has 1 atom stereocenters. The highest BCUT2D eigenvalue weighted by Gasteiger charge is 2.28. The number of amides is 1. The fourth-order valence-electron chi connectivity index (χ4n) is 2.09. The van der Waals surface area contributed by atoms with E-state index in [2.05, 4.69) is 10.1 Å². The summed E-state index contributed by atoms with van der Waals surface area (Å²) in [5.74, 6) is 0.716. The Bertz CT molecular complexity index is 529. The van der Waals surface area contributed by atoms with Gasteiger partial charge in [0.25, 0.3) is 0 Å². The van der Waals surface area contributed by atoms with Crippen molar-refractivity contribution in [2.45, 2.75) is 32.4 Å². The van der Waals surface area contributed by atoms with Gasteiger partial charge in [0.2, 0.25) is 0 Å². The van der Waals surface area contributed by atoms with Gasteiger partial charge in [-0.05, 0) is 20.8 Å². The molecule has 1 amide bonds. The van der Waals surface area contributed by atoms with Crippen molar-refractivity contribution >= 4 is 11.7 Å². The monoisotopic (exact) mass is 279 g/mol. The Labute approximate surface area is 118 Å². The number of hydrogen-bond donors (Lipinski definition) is 1. The number of ether oxygens (including phenoxy) is 1. The number of carbonyl (C=O) groups excluding carboxylic acids is 1. The van der Waals surface area contributed by atoms with Crippen LogP contribution in [0, 0.1) is 0 Å². The van der Waals surface area contributed by atoms with Crippen LogP contribution in [0.15, 0.2) is 12.4 Å². The number of carbonyl (C=O) groups is 1. The van der Waals surface area contributed by atoms with Crippen molar-refractivity contribution in [3.8, 4) is 0 Å². The second-order valence-corrected chi connectivity index (χ2v) is 5.92. The van der Waals surface area contributed by atoms with Crippen LogP contribution in [-0.2, 0) is 11.8 Å². The van der Waals surface area contributed by atoms with E-state index in [1.165, 1.54) is 6.33 Å². The molecule has 0 aliphatic carbocycles. The summed E-state index contributed by atoms with van der Waals surface area (Å²) < 4.78 is 7.05. The van der Waals surface area contributed by atoms with E-state index < -0.39 is 5.60 Å². The van der Waals surface area contributed by atoms with Gasteiger partial charge >= 0.3 is 6.09 Å². The Kier molecular flexibility index (Phi) is 3.80. The molecule has 7 heteroatoms. The van der Waals surface area contributed by atoms with Crippen LogP contribution in [0.4, 0.5) is 4.79 Å². The van der Waals surface area contributed by atoms with E-state index in [9.17, 15) is 4.79 Å². The maximum Gasteiger partial charge on any atom is 0.410 e. The highest BCUT2D eigenvalue weighted by atomic mass is 16.6. The van der Waals surface area contributed by atoms with Crippen LogP contribution in [-0.4, -0.2) is 50.5 Å². The number of aromatic nitrogens is 3. The Morgan fingerprint density at radius 2 is 2.20 bits per heavy atom. The molecule has 1 aliphatic heterocycles. The van der Waals surface area contributed by atoms with Gasteiger partial charge in [0, 0.05) is 25.2 Å². The van der Waals surface area contributed by atoms with Crippen LogP contribution < -0.4 is 5.73 Å². The molecule has 0 radical (unpaired) electrons. The van der Waals surface area contributed by atoms with Gasteiger partial charge in [-0.1, -0.05) is 6.08 Å². The Morgan fingerprint density at radius 3 is 2.75 bits per heavy atom. The number of nitrogens with two attached hydrogens (primary N) is 1. The van der Waals surface area contributed by atoms with Crippen molar-refractivity contribution in [2.24, 2.45) is 12.8 Å². The van der Waals surface area contributed by atoms with Gasteiger partial charge in [0.15, 0.2) is 5.82 Å². The van der Waals surface area contributed by atoms with Crippen LogP contribution in [0.25, 0.3) is 5.57 Å². The molecule has 0 fully saturated rings. The van der Waals surface area contributed by atoms with Crippen LogP contribution in [0.2, 0.25) is 0 Å². The molecule has 0 bridgehead atoms. The molecular formula is C13H21N5O2. The Hall–Kier alpha value is -1.89. The third-order valence-corrected chi connectivity index (χ3v) is 2.86. The van der Waals surface area contributed by atoms with Gasteiger partial charge in [0.05, 0.1) is 6.54 Å². The van der Waals surface area contributed by atoms with E-state index >= 15 is 0 Å². The fraction of sp³-hybridized carbons (Fsp3) is 0.615. The Balaban J connectivity index is 2.15. The van der Waals surface area contributed by atoms with Crippen molar-refractivity contribution in [1.82, 2.24) is 19.7 Å². The van der Waals surface area contributed by atoms with Crippen LogP contribution in [0.5, 0.6) is 0 Å². The lowest BCUT2D eigenvalue weighted by Gasteiger charge is -2.32. The molecule has 0 saturated heterocycles. The van der Waals surface area contributed by atoms with Gasteiger partial charge in [-0.2, -0.15) is 5.10 Å². The maximum atomic E-state index is 12.1. The van der Waals surface area contributed by atoms with Gasteiger partial charge in [-0.25, -0.2) is 14.5 Å². The minimum absolute atomic E-state index is 0.233. The molecule has 1 aromatic heterocycles.